The zero-order valence-corrected chi connectivity index (χ0v) is 10.6. The van der Waals surface area contributed by atoms with Gasteiger partial charge in [-0.05, 0) is 37.6 Å². The Morgan fingerprint density at radius 1 is 1.32 bits per heavy atom. The van der Waals surface area contributed by atoms with E-state index < -0.39 is 0 Å². The molecular formula is C14H16N4O. The third kappa shape index (κ3) is 1.51. The van der Waals surface area contributed by atoms with E-state index in [1.165, 1.54) is 0 Å². The minimum Gasteiger partial charge on any atom is -0.316 e. The molecule has 3 heterocycles. The smallest absolute Gasteiger partial charge is 0.234 e. The lowest BCUT2D eigenvalue weighted by molar-refractivity contribution is -0.124. The van der Waals surface area contributed by atoms with Crippen molar-refractivity contribution in [1.29, 1.82) is 0 Å². The van der Waals surface area contributed by atoms with E-state index in [4.69, 9.17) is 0 Å². The van der Waals surface area contributed by atoms with E-state index in [1.54, 1.807) is 6.20 Å². The van der Waals surface area contributed by atoms with Crippen molar-refractivity contribution < 1.29 is 4.79 Å². The van der Waals surface area contributed by atoms with Gasteiger partial charge in [-0.2, -0.15) is 5.10 Å². The van der Waals surface area contributed by atoms with Crippen molar-refractivity contribution in [3.8, 4) is 0 Å². The zero-order valence-electron chi connectivity index (χ0n) is 10.6. The number of hydrogen-bond donors (Lipinski definition) is 2. The van der Waals surface area contributed by atoms with Gasteiger partial charge in [0.05, 0.1) is 17.1 Å². The topological polar surface area (TPSA) is 61.0 Å². The number of nitrogens with one attached hydrogen (secondary N) is 2. The van der Waals surface area contributed by atoms with Gasteiger partial charge in [-0.3, -0.25) is 9.89 Å². The van der Waals surface area contributed by atoms with E-state index in [-0.39, 0.29) is 11.3 Å². The fraction of sp³-hybridized carbons (Fsp3) is 0.429. The number of aromatic nitrogens is 2. The highest BCUT2D eigenvalue weighted by Crippen LogP contribution is 2.39. The van der Waals surface area contributed by atoms with Crippen LogP contribution in [0.25, 0.3) is 10.9 Å². The number of aromatic amines is 1. The number of carbonyl (C=O) groups is 1. The number of carbonyl (C=O) groups excluding carboxylic acids is 1. The van der Waals surface area contributed by atoms with Crippen molar-refractivity contribution in [2.24, 2.45) is 5.41 Å². The normalized spacial score (nSPS) is 26.9. The van der Waals surface area contributed by atoms with Gasteiger partial charge in [0.25, 0.3) is 0 Å². The summed E-state index contributed by atoms with van der Waals surface area (Å²) in [5.74, 6) is 0.278. The molecule has 2 N–H and O–H groups in total. The van der Waals surface area contributed by atoms with Crippen LogP contribution in [0.15, 0.2) is 24.4 Å². The predicted molar refractivity (Wildman–Crippen MR) is 73.0 cm³/mol. The van der Waals surface area contributed by atoms with Crippen LogP contribution in [-0.4, -0.2) is 35.7 Å². The van der Waals surface area contributed by atoms with Crippen molar-refractivity contribution in [2.45, 2.75) is 12.8 Å². The standard InChI is InChI=1S/C14H16N4O/c19-13-14(3-5-15-9-14)4-6-18(13)11-1-2-12-10(7-11)8-16-17-12/h1-2,7-8,15H,3-6,9H2,(H,16,17)/t14-/m0/s1. The van der Waals surface area contributed by atoms with E-state index in [9.17, 15) is 4.79 Å². The monoisotopic (exact) mass is 256 g/mol. The van der Waals surface area contributed by atoms with Crippen LogP contribution >= 0.6 is 0 Å². The van der Waals surface area contributed by atoms with Crippen LogP contribution in [0.5, 0.6) is 0 Å². The molecule has 98 valence electrons. The van der Waals surface area contributed by atoms with Crippen molar-refractivity contribution in [1.82, 2.24) is 15.5 Å². The molecule has 0 radical (unpaired) electrons. The molecule has 1 atom stereocenters. The van der Waals surface area contributed by atoms with Crippen LogP contribution in [0, 0.1) is 5.41 Å². The fourth-order valence-electron chi connectivity index (χ4n) is 3.30. The van der Waals surface area contributed by atoms with E-state index in [0.717, 1.165) is 49.1 Å². The molecule has 2 aliphatic rings. The van der Waals surface area contributed by atoms with Crippen molar-refractivity contribution in [2.75, 3.05) is 24.5 Å². The van der Waals surface area contributed by atoms with Gasteiger partial charge in [0.2, 0.25) is 5.91 Å². The first-order valence-electron chi connectivity index (χ1n) is 6.74. The summed E-state index contributed by atoms with van der Waals surface area (Å²) in [6, 6.07) is 6.03. The number of rotatable bonds is 1. The summed E-state index contributed by atoms with van der Waals surface area (Å²) < 4.78 is 0. The SMILES string of the molecule is O=C1N(c2ccc3[nH]ncc3c2)CC[C@]12CCNC2. The van der Waals surface area contributed by atoms with Crippen LogP contribution in [0.3, 0.4) is 0 Å². The second-order valence-corrected chi connectivity index (χ2v) is 5.56. The maximum Gasteiger partial charge on any atom is 0.234 e. The molecule has 4 rings (SSSR count). The molecule has 0 saturated carbocycles. The molecule has 1 spiro atoms. The first-order chi connectivity index (χ1) is 9.28. The number of H-pyrrole nitrogens is 1. The average Bonchev–Trinajstić information content (AvgIpc) is 3.13. The molecule has 2 saturated heterocycles. The number of benzene rings is 1. The summed E-state index contributed by atoms with van der Waals surface area (Å²) in [4.78, 5) is 14.6. The van der Waals surface area contributed by atoms with Gasteiger partial charge in [-0.1, -0.05) is 0 Å². The summed E-state index contributed by atoms with van der Waals surface area (Å²) in [6.07, 6.45) is 3.73. The second kappa shape index (κ2) is 3.81. The molecule has 2 aliphatic heterocycles. The highest BCUT2D eigenvalue weighted by atomic mass is 16.2. The molecule has 0 aliphatic carbocycles. The number of anilines is 1. The van der Waals surface area contributed by atoms with Gasteiger partial charge in [0, 0.05) is 24.2 Å². The summed E-state index contributed by atoms with van der Waals surface area (Å²) in [5.41, 5.74) is 1.85. The van der Waals surface area contributed by atoms with Crippen LogP contribution in [0.4, 0.5) is 5.69 Å². The Morgan fingerprint density at radius 3 is 3.11 bits per heavy atom. The first-order valence-corrected chi connectivity index (χ1v) is 6.74. The first kappa shape index (κ1) is 11.0. The van der Waals surface area contributed by atoms with Crippen LogP contribution in [0.2, 0.25) is 0 Å². The molecule has 0 bridgehead atoms. The van der Waals surface area contributed by atoms with E-state index in [2.05, 4.69) is 15.5 Å². The highest BCUT2D eigenvalue weighted by molar-refractivity contribution is 6.01. The minimum absolute atomic E-state index is 0.147. The molecule has 5 heteroatoms. The molecule has 5 nitrogen and oxygen atoms in total. The molecule has 1 aromatic carbocycles. The Labute approximate surface area is 111 Å². The molecule has 1 aromatic heterocycles. The van der Waals surface area contributed by atoms with E-state index >= 15 is 0 Å². The van der Waals surface area contributed by atoms with Crippen molar-refractivity contribution in [3.05, 3.63) is 24.4 Å². The summed E-state index contributed by atoms with van der Waals surface area (Å²) in [7, 11) is 0. The highest BCUT2D eigenvalue weighted by Gasteiger charge is 2.48. The van der Waals surface area contributed by atoms with Crippen molar-refractivity contribution >= 4 is 22.5 Å². The van der Waals surface area contributed by atoms with E-state index in [1.807, 2.05) is 23.1 Å². The Hall–Kier alpha value is -1.88. The molecule has 2 aromatic rings. The Balaban J connectivity index is 1.70. The molecule has 1 amide bonds. The summed E-state index contributed by atoms with van der Waals surface area (Å²) in [6.45, 7) is 2.61. The number of nitrogens with zero attached hydrogens (tertiary/aromatic N) is 2. The predicted octanol–water partition coefficient (Wildman–Crippen LogP) is 1.28. The maximum absolute atomic E-state index is 12.7. The van der Waals surface area contributed by atoms with Crippen LogP contribution in [-0.2, 0) is 4.79 Å². The number of hydrogen-bond acceptors (Lipinski definition) is 3. The Kier molecular flexibility index (Phi) is 2.20. The molecular weight excluding hydrogens is 240 g/mol. The fourth-order valence-corrected chi connectivity index (χ4v) is 3.30. The number of fused-ring (bicyclic) bond motifs is 1. The second-order valence-electron chi connectivity index (χ2n) is 5.56. The average molecular weight is 256 g/mol. The Bertz CT molecular complexity index is 642. The van der Waals surface area contributed by atoms with Gasteiger partial charge in [0.15, 0.2) is 0 Å². The zero-order chi connectivity index (χ0) is 12.9. The van der Waals surface area contributed by atoms with Gasteiger partial charge in [-0.25, -0.2) is 0 Å². The third-order valence-corrected chi connectivity index (χ3v) is 4.49. The molecule has 19 heavy (non-hydrogen) atoms. The lowest BCUT2D eigenvalue weighted by atomic mass is 9.86. The third-order valence-electron chi connectivity index (χ3n) is 4.49. The minimum atomic E-state index is -0.147. The lowest BCUT2D eigenvalue weighted by Crippen LogP contribution is -2.36. The van der Waals surface area contributed by atoms with Crippen molar-refractivity contribution in [3.63, 3.8) is 0 Å². The van der Waals surface area contributed by atoms with Crippen LogP contribution in [0.1, 0.15) is 12.8 Å². The maximum atomic E-state index is 12.7. The molecule has 0 unspecified atom stereocenters. The summed E-state index contributed by atoms with van der Waals surface area (Å²) in [5, 5.41) is 11.3. The lowest BCUT2D eigenvalue weighted by Gasteiger charge is -2.22. The van der Waals surface area contributed by atoms with E-state index in [0.29, 0.717) is 0 Å². The van der Waals surface area contributed by atoms with Gasteiger partial charge in [-0.15, -0.1) is 0 Å². The molecule has 2 fully saturated rings. The Morgan fingerprint density at radius 2 is 2.26 bits per heavy atom. The van der Waals surface area contributed by atoms with Gasteiger partial charge < -0.3 is 10.2 Å². The number of amides is 1. The quantitative estimate of drug-likeness (QED) is 0.808. The van der Waals surface area contributed by atoms with Gasteiger partial charge >= 0.3 is 0 Å². The van der Waals surface area contributed by atoms with Crippen LogP contribution < -0.4 is 10.2 Å². The largest absolute Gasteiger partial charge is 0.316 e. The van der Waals surface area contributed by atoms with Gasteiger partial charge in [0.1, 0.15) is 0 Å². The summed E-state index contributed by atoms with van der Waals surface area (Å²) >= 11 is 0.